The number of allylic oxidation sites excluding steroid dienone is 2. The van der Waals surface area contributed by atoms with Gasteiger partial charge < -0.3 is 10.6 Å². The fraction of sp³-hybridized carbons (Fsp3) is 0.553. The molecule has 0 fully saturated rings. The molecule has 0 aliphatic rings. The maximum absolute atomic E-state index is 6.88. The lowest BCUT2D eigenvalue weighted by atomic mass is 10.0. The SMILES string of the molecule is CCCCCCCCCCCCCCCCCC/C(=C(\N)Cc1ccccn1)N(Cc1ccccn1)Cc1ccccn1. The zero-order chi connectivity index (χ0) is 30.2. The van der Waals surface area contributed by atoms with Crippen molar-refractivity contribution in [3.05, 3.63) is 102 Å². The van der Waals surface area contributed by atoms with E-state index in [9.17, 15) is 0 Å². The van der Waals surface area contributed by atoms with E-state index in [1.165, 1.54) is 102 Å². The van der Waals surface area contributed by atoms with E-state index in [4.69, 9.17) is 5.73 Å². The van der Waals surface area contributed by atoms with Crippen LogP contribution in [0, 0.1) is 0 Å². The van der Waals surface area contributed by atoms with Gasteiger partial charge in [0.1, 0.15) is 0 Å². The Kier molecular flexibility index (Phi) is 17.8. The summed E-state index contributed by atoms with van der Waals surface area (Å²) >= 11 is 0. The molecule has 3 rings (SSSR count). The summed E-state index contributed by atoms with van der Waals surface area (Å²) in [5.74, 6) is 0. The van der Waals surface area contributed by atoms with Gasteiger partial charge in [0.15, 0.2) is 0 Å². The summed E-state index contributed by atoms with van der Waals surface area (Å²) in [4.78, 5) is 16.2. The normalized spacial score (nSPS) is 11.8. The number of nitrogens with zero attached hydrogens (tertiary/aromatic N) is 4. The number of unbranched alkanes of at least 4 members (excludes halogenated alkanes) is 15. The Bertz CT molecular complexity index is 1060. The van der Waals surface area contributed by atoms with Crippen LogP contribution in [0.5, 0.6) is 0 Å². The summed E-state index contributed by atoms with van der Waals surface area (Å²) in [6, 6.07) is 18.3. The number of pyridine rings is 3. The first-order chi connectivity index (χ1) is 21.3. The monoisotopic (exact) mass is 583 g/mol. The van der Waals surface area contributed by atoms with Crippen LogP contribution >= 0.6 is 0 Å². The van der Waals surface area contributed by atoms with Crippen LogP contribution in [-0.2, 0) is 19.5 Å². The van der Waals surface area contributed by atoms with Crippen molar-refractivity contribution in [3.8, 4) is 0 Å². The molecular formula is C38H57N5. The third-order valence-corrected chi connectivity index (χ3v) is 8.28. The van der Waals surface area contributed by atoms with Gasteiger partial charge >= 0.3 is 0 Å². The molecule has 5 heteroatoms. The Labute approximate surface area is 262 Å². The maximum atomic E-state index is 6.88. The molecule has 0 radical (unpaired) electrons. The van der Waals surface area contributed by atoms with Crippen LogP contribution < -0.4 is 5.73 Å². The fourth-order valence-corrected chi connectivity index (χ4v) is 5.78. The third-order valence-electron chi connectivity index (χ3n) is 8.28. The van der Waals surface area contributed by atoms with Crippen LogP contribution in [0.1, 0.15) is 133 Å². The molecule has 5 nitrogen and oxygen atoms in total. The highest BCUT2D eigenvalue weighted by Gasteiger charge is 2.17. The van der Waals surface area contributed by atoms with E-state index >= 15 is 0 Å². The molecule has 0 aromatic carbocycles. The van der Waals surface area contributed by atoms with Gasteiger partial charge in [-0.05, 0) is 49.2 Å². The van der Waals surface area contributed by atoms with Gasteiger partial charge in [-0.1, -0.05) is 121 Å². The molecule has 3 aromatic heterocycles. The van der Waals surface area contributed by atoms with Crippen molar-refractivity contribution in [2.45, 2.75) is 136 Å². The van der Waals surface area contributed by atoms with Gasteiger partial charge in [0.05, 0.1) is 24.5 Å². The van der Waals surface area contributed by atoms with Gasteiger partial charge in [0.25, 0.3) is 0 Å². The van der Waals surface area contributed by atoms with E-state index < -0.39 is 0 Å². The van der Waals surface area contributed by atoms with E-state index in [1.807, 2.05) is 42.9 Å². The van der Waals surface area contributed by atoms with Crippen LogP contribution in [0.4, 0.5) is 0 Å². The number of hydrogen-bond acceptors (Lipinski definition) is 5. The molecule has 0 saturated carbocycles. The summed E-state index contributed by atoms with van der Waals surface area (Å²) in [5.41, 5.74) is 12.0. The summed E-state index contributed by atoms with van der Waals surface area (Å²) in [6.45, 7) is 3.70. The largest absolute Gasteiger partial charge is 0.400 e. The van der Waals surface area contributed by atoms with Gasteiger partial charge in [0, 0.05) is 42.1 Å². The average molecular weight is 584 g/mol. The first kappa shape index (κ1) is 34.3. The minimum atomic E-state index is 0.649. The maximum Gasteiger partial charge on any atom is 0.0604 e. The van der Waals surface area contributed by atoms with Gasteiger partial charge in [-0.15, -0.1) is 0 Å². The van der Waals surface area contributed by atoms with E-state index in [-0.39, 0.29) is 0 Å². The van der Waals surface area contributed by atoms with Crippen molar-refractivity contribution >= 4 is 0 Å². The van der Waals surface area contributed by atoms with Gasteiger partial charge in [-0.3, -0.25) is 15.0 Å². The zero-order valence-corrected chi connectivity index (χ0v) is 26.9. The van der Waals surface area contributed by atoms with Crippen molar-refractivity contribution in [1.29, 1.82) is 0 Å². The Balaban J connectivity index is 1.47. The standard InChI is InChI=1S/C38H57N5/c1-2-3-4-5-6-7-8-9-10-11-12-13-14-15-16-17-27-38(37(39)31-34-24-18-21-28-40-34)43(32-35-25-19-22-29-41-35)33-36-26-20-23-30-42-36/h18-26,28-30H,2-17,27,31-33,39H2,1H3/b38-37+. The molecule has 0 bridgehead atoms. The average Bonchev–Trinajstić information content (AvgIpc) is 3.04. The molecule has 0 spiro atoms. The second kappa shape index (κ2) is 22.3. The van der Waals surface area contributed by atoms with Crippen LogP contribution in [0.3, 0.4) is 0 Å². The molecule has 3 heterocycles. The predicted octanol–water partition coefficient (Wildman–Crippen LogP) is 9.94. The van der Waals surface area contributed by atoms with Gasteiger partial charge in [-0.2, -0.15) is 0 Å². The van der Waals surface area contributed by atoms with Gasteiger partial charge in [0.2, 0.25) is 0 Å². The van der Waals surface area contributed by atoms with Crippen LogP contribution in [0.2, 0.25) is 0 Å². The number of aromatic nitrogens is 3. The van der Waals surface area contributed by atoms with Crippen molar-refractivity contribution in [2.75, 3.05) is 0 Å². The lowest BCUT2D eigenvalue weighted by molar-refractivity contribution is 0.301. The molecule has 0 aliphatic carbocycles. The lowest BCUT2D eigenvalue weighted by Crippen LogP contribution is -2.27. The molecule has 0 unspecified atom stereocenters. The number of rotatable bonds is 24. The molecule has 2 N–H and O–H groups in total. The van der Waals surface area contributed by atoms with Crippen molar-refractivity contribution < 1.29 is 0 Å². The first-order valence-electron chi connectivity index (χ1n) is 17.2. The lowest BCUT2D eigenvalue weighted by Gasteiger charge is -2.29. The Morgan fingerprint density at radius 3 is 1.33 bits per heavy atom. The predicted molar refractivity (Wildman–Crippen MR) is 181 cm³/mol. The molecule has 234 valence electrons. The number of nitrogens with two attached hydrogens (primary N) is 1. The summed E-state index contributed by atoms with van der Waals surface area (Å²) in [6.07, 6.45) is 29.1. The van der Waals surface area contributed by atoms with Gasteiger partial charge in [-0.25, -0.2) is 0 Å². The van der Waals surface area contributed by atoms with E-state index in [0.29, 0.717) is 19.5 Å². The summed E-state index contributed by atoms with van der Waals surface area (Å²) in [7, 11) is 0. The highest BCUT2D eigenvalue weighted by molar-refractivity contribution is 5.20. The molecular weight excluding hydrogens is 526 g/mol. The molecule has 43 heavy (non-hydrogen) atoms. The van der Waals surface area contributed by atoms with Crippen molar-refractivity contribution in [3.63, 3.8) is 0 Å². The van der Waals surface area contributed by atoms with E-state index in [1.54, 1.807) is 0 Å². The first-order valence-corrected chi connectivity index (χ1v) is 17.2. The van der Waals surface area contributed by atoms with E-state index in [2.05, 4.69) is 57.1 Å². The smallest absolute Gasteiger partial charge is 0.0604 e. The summed E-state index contributed by atoms with van der Waals surface area (Å²) in [5, 5.41) is 0. The zero-order valence-electron chi connectivity index (χ0n) is 26.9. The minimum Gasteiger partial charge on any atom is -0.400 e. The second-order valence-corrected chi connectivity index (χ2v) is 12.0. The molecule has 0 aliphatic heterocycles. The highest BCUT2D eigenvalue weighted by Crippen LogP contribution is 2.23. The molecule has 0 atom stereocenters. The summed E-state index contributed by atoms with van der Waals surface area (Å²) < 4.78 is 0. The second-order valence-electron chi connectivity index (χ2n) is 12.0. The van der Waals surface area contributed by atoms with Crippen LogP contribution in [0.25, 0.3) is 0 Å². The number of hydrogen-bond donors (Lipinski definition) is 1. The van der Waals surface area contributed by atoms with Crippen LogP contribution in [0.15, 0.2) is 84.6 Å². The molecule has 0 saturated heterocycles. The molecule has 3 aromatic rings. The quantitative estimate of drug-likeness (QED) is 0.106. The topological polar surface area (TPSA) is 67.9 Å². The van der Waals surface area contributed by atoms with E-state index in [0.717, 1.165) is 35.6 Å². The Hall–Kier alpha value is -3.21. The molecule has 0 amide bonds. The highest BCUT2D eigenvalue weighted by atomic mass is 15.2. The van der Waals surface area contributed by atoms with Crippen LogP contribution in [-0.4, -0.2) is 19.9 Å². The Morgan fingerprint density at radius 2 is 0.930 bits per heavy atom. The third kappa shape index (κ3) is 15.2. The van der Waals surface area contributed by atoms with Crippen molar-refractivity contribution in [2.24, 2.45) is 5.73 Å². The fourth-order valence-electron chi connectivity index (χ4n) is 5.78. The Morgan fingerprint density at radius 1 is 0.535 bits per heavy atom. The van der Waals surface area contributed by atoms with Crippen molar-refractivity contribution in [1.82, 2.24) is 19.9 Å². The minimum absolute atomic E-state index is 0.649.